The number of nitrogens with zero attached hydrogens (tertiary/aromatic N) is 2. The highest BCUT2D eigenvalue weighted by Crippen LogP contribution is 2.28. The summed E-state index contributed by atoms with van der Waals surface area (Å²) in [6, 6.07) is 0. The van der Waals surface area contributed by atoms with Crippen LogP contribution in [0.15, 0.2) is 10.7 Å². The molecule has 1 aromatic heterocycles. The predicted octanol–water partition coefficient (Wildman–Crippen LogP) is 3.65. The first kappa shape index (κ1) is 10.9. The Bertz CT molecular complexity index is 302. The van der Waals surface area contributed by atoms with Crippen LogP contribution < -0.4 is 0 Å². The zero-order chi connectivity index (χ0) is 10.0. The second-order valence-corrected chi connectivity index (χ2v) is 4.60. The van der Waals surface area contributed by atoms with Gasteiger partial charge in [-0.3, -0.25) is 0 Å². The van der Waals surface area contributed by atoms with Crippen molar-refractivity contribution in [2.75, 3.05) is 0 Å². The van der Waals surface area contributed by atoms with Crippen LogP contribution in [0.4, 0.5) is 0 Å². The van der Waals surface area contributed by atoms with E-state index >= 15 is 0 Å². The molecule has 1 unspecified atom stereocenters. The van der Waals surface area contributed by atoms with Crippen LogP contribution in [-0.4, -0.2) is 9.97 Å². The molecular formula is C9H12BrClN2. The molecule has 2 nitrogen and oxygen atoms in total. The fourth-order valence-electron chi connectivity index (χ4n) is 0.993. The van der Waals surface area contributed by atoms with Crippen LogP contribution in [0.3, 0.4) is 0 Å². The van der Waals surface area contributed by atoms with Crippen LogP contribution in [0.1, 0.15) is 32.4 Å². The third kappa shape index (κ3) is 2.64. The predicted molar refractivity (Wildman–Crippen MR) is 58.0 cm³/mol. The first-order chi connectivity index (χ1) is 6.02. The maximum absolute atomic E-state index is 5.72. The standard InChI is InChI=1S/C9H12BrClN2/c1-5(2)6(3)8-7(10)4-12-9(11)13-8/h4-6H,1-3H3. The molecule has 1 heterocycles. The molecular weight excluding hydrogens is 251 g/mol. The highest BCUT2D eigenvalue weighted by molar-refractivity contribution is 9.10. The Kier molecular flexibility index (Phi) is 3.68. The summed E-state index contributed by atoms with van der Waals surface area (Å²) in [7, 11) is 0. The van der Waals surface area contributed by atoms with Gasteiger partial charge in [-0.1, -0.05) is 20.8 Å². The van der Waals surface area contributed by atoms with Gasteiger partial charge in [0.15, 0.2) is 0 Å². The Labute approximate surface area is 91.9 Å². The van der Waals surface area contributed by atoms with Gasteiger partial charge in [0.05, 0.1) is 10.2 Å². The second kappa shape index (κ2) is 4.38. The molecule has 13 heavy (non-hydrogen) atoms. The van der Waals surface area contributed by atoms with Crippen LogP contribution in [0.2, 0.25) is 5.28 Å². The van der Waals surface area contributed by atoms with E-state index in [1.807, 2.05) is 0 Å². The van der Waals surface area contributed by atoms with Crippen LogP contribution >= 0.6 is 27.5 Å². The molecule has 1 rings (SSSR count). The van der Waals surface area contributed by atoms with Gasteiger partial charge in [0.25, 0.3) is 0 Å². The average Bonchev–Trinajstić information content (AvgIpc) is 2.08. The number of aromatic nitrogens is 2. The van der Waals surface area contributed by atoms with Crippen molar-refractivity contribution in [2.45, 2.75) is 26.7 Å². The monoisotopic (exact) mass is 262 g/mol. The lowest BCUT2D eigenvalue weighted by atomic mass is 9.95. The maximum Gasteiger partial charge on any atom is 0.222 e. The summed E-state index contributed by atoms with van der Waals surface area (Å²) in [5.74, 6) is 0.928. The molecule has 1 aromatic rings. The molecule has 0 aliphatic carbocycles. The van der Waals surface area contributed by atoms with Gasteiger partial charge in [-0.15, -0.1) is 0 Å². The van der Waals surface area contributed by atoms with Gasteiger partial charge in [-0.25, -0.2) is 9.97 Å². The molecule has 0 saturated heterocycles. The molecule has 0 radical (unpaired) electrons. The smallest absolute Gasteiger partial charge is 0.222 e. The molecule has 0 fully saturated rings. The van der Waals surface area contributed by atoms with Crippen LogP contribution in [0.25, 0.3) is 0 Å². The van der Waals surface area contributed by atoms with Gasteiger partial charge in [0, 0.05) is 12.1 Å². The second-order valence-electron chi connectivity index (χ2n) is 3.40. The first-order valence-electron chi connectivity index (χ1n) is 4.20. The number of hydrogen-bond acceptors (Lipinski definition) is 2. The van der Waals surface area contributed by atoms with Crippen molar-refractivity contribution < 1.29 is 0 Å². The van der Waals surface area contributed by atoms with Gasteiger partial charge in [-0.05, 0) is 33.4 Å². The first-order valence-corrected chi connectivity index (χ1v) is 5.37. The summed E-state index contributed by atoms with van der Waals surface area (Å²) in [4.78, 5) is 8.09. The summed E-state index contributed by atoms with van der Waals surface area (Å²) >= 11 is 9.14. The highest BCUT2D eigenvalue weighted by Gasteiger charge is 2.15. The Morgan fingerprint density at radius 3 is 2.54 bits per heavy atom. The van der Waals surface area contributed by atoms with E-state index in [2.05, 4.69) is 46.7 Å². The lowest BCUT2D eigenvalue weighted by Gasteiger charge is -2.15. The summed E-state index contributed by atoms with van der Waals surface area (Å²) in [5.41, 5.74) is 0.981. The SMILES string of the molecule is CC(C)C(C)c1nc(Cl)ncc1Br. The Balaban J connectivity index is 3.05. The Hall–Kier alpha value is -0.150. The van der Waals surface area contributed by atoms with E-state index in [0.29, 0.717) is 17.1 Å². The lowest BCUT2D eigenvalue weighted by molar-refractivity contribution is 0.520. The van der Waals surface area contributed by atoms with Crippen molar-refractivity contribution in [3.05, 3.63) is 21.6 Å². The molecule has 4 heteroatoms. The molecule has 0 N–H and O–H groups in total. The quantitative estimate of drug-likeness (QED) is 0.761. The van der Waals surface area contributed by atoms with Crippen molar-refractivity contribution in [1.82, 2.24) is 9.97 Å². The van der Waals surface area contributed by atoms with Crippen molar-refractivity contribution in [2.24, 2.45) is 5.92 Å². The minimum Gasteiger partial charge on any atom is -0.225 e. The highest BCUT2D eigenvalue weighted by atomic mass is 79.9. The third-order valence-corrected chi connectivity index (χ3v) is 2.97. The number of hydrogen-bond donors (Lipinski definition) is 0. The topological polar surface area (TPSA) is 25.8 Å². The van der Waals surface area contributed by atoms with E-state index in [1.165, 1.54) is 0 Å². The molecule has 0 aliphatic rings. The van der Waals surface area contributed by atoms with E-state index < -0.39 is 0 Å². The van der Waals surface area contributed by atoms with Crippen molar-refractivity contribution in [1.29, 1.82) is 0 Å². The minimum absolute atomic E-state index is 0.311. The Morgan fingerprint density at radius 2 is 2.00 bits per heavy atom. The summed E-state index contributed by atoms with van der Waals surface area (Å²) in [6.45, 7) is 6.45. The molecule has 0 amide bonds. The van der Waals surface area contributed by atoms with E-state index in [-0.39, 0.29) is 0 Å². The fraction of sp³-hybridized carbons (Fsp3) is 0.556. The maximum atomic E-state index is 5.72. The molecule has 0 bridgehead atoms. The van der Waals surface area contributed by atoms with Crippen molar-refractivity contribution in [3.63, 3.8) is 0 Å². The van der Waals surface area contributed by atoms with Gasteiger partial charge in [-0.2, -0.15) is 0 Å². The van der Waals surface area contributed by atoms with Gasteiger partial charge in [0.1, 0.15) is 0 Å². The van der Waals surface area contributed by atoms with Crippen LogP contribution in [0.5, 0.6) is 0 Å². The van der Waals surface area contributed by atoms with Crippen molar-refractivity contribution in [3.8, 4) is 0 Å². The van der Waals surface area contributed by atoms with Crippen molar-refractivity contribution >= 4 is 27.5 Å². The minimum atomic E-state index is 0.311. The molecule has 0 saturated carbocycles. The van der Waals surface area contributed by atoms with Crippen LogP contribution in [0, 0.1) is 5.92 Å². The molecule has 0 spiro atoms. The fourth-order valence-corrected chi connectivity index (χ4v) is 1.68. The summed E-state index contributed by atoms with van der Waals surface area (Å²) in [5, 5.41) is 0.311. The zero-order valence-electron chi connectivity index (χ0n) is 7.88. The molecule has 1 atom stereocenters. The molecule has 0 aromatic carbocycles. The summed E-state index contributed by atoms with van der Waals surface area (Å²) < 4.78 is 0.929. The van der Waals surface area contributed by atoms with E-state index in [4.69, 9.17) is 11.6 Å². The largest absolute Gasteiger partial charge is 0.225 e. The van der Waals surface area contributed by atoms with E-state index in [1.54, 1.807) is 6.20 Å². The third-order valence-electron chi connectivity index (χ3n) is 2.17. The average molecular weight is 264 g/mol. The normalized spacial score (nSPS) is 13.4. The molecule has 72 valence electrons. The van der Waals surface area contributed by atoms with E-state index in [0.717, 1.165) is 10.2 Å². The zero-order valence-corrected chi connectivity index (χ0v) is 10.2. The van der Waals surface area contributed by atoms with Gasteiger partial charge < -0.3 is 0 Å². The van der Waals surface area contributed by atoms with Crippen LogP contribution in [-0.2, 0) is 0 Å². The summed E-state index contributed by atoms with van der Waals surface area (Å²) in [6.07, 6.45) is 1.70. The number of rotatable bonds is 2. The molecule has 0 aliphatic heterocycles. The Morgan fingerprint density at radius 1 is 1.38 bits per heavy atom. The lowest BCUT2D eigenvalue weighted by Crippen LogP contribution is -2.06. The number of halogens is 2. The van der Waals surface area contributed by atoms with Gasteiger partial charge in [0.2, 0.25) is 5.28 Å². The van der Waals surface area contributed by atoms with Gasteiger partial charge >= 0.3 is 0 Å². The van der Waals surface area contributed by atoms with E-state index in [9.17, 15) is 0 Å².